The summed E-state index contributed by atoms with van der Waals surface area (Å²) >= 11 is 1.37. The van der Waals surface area contributed by atoms with E-state index in [4.69, 9.17) is 0 Å². The third-order valence-electron chi connectivity index (χ3n) is 3.37. The molecule has 0 aliphatic heterocycles. The predicted octanol–water partition coefficient (Wildman–Crippen LogP) is 2.88. The van der Waals surface area contributed by atoms with E-state index < -0.39 is 10.0 Å². The van der Waals surface area contributed by atoms with E-state index in [2.05, 4.69) is 15.0 Å². The molecule has 0 atom stereocenters. The normalized spacial score (nSPS) is 11.7. The van der Waals surface area contributed by atoms with Gasteiger partial charge in [-0.15, -0.1) is 11.3 Å². The number of thiazole rings is 1. The highest BCUT2D eigenvalue weighted by Crippen LogP contribution is 2.18. The summed E-state index contributed by atoms with van der Waals surface area (Å²) < 4.78 is 26.8. The van der Waals surface area contributed by atoms with Gasteiger partial charge in [0.1, 0.15) is 0 Å². The number of nitrogens with one attached hydrogen (secondary N) is 2. The molecule has 6 nitrogen and oxygen atoms in total. The zero-order chi connectivity index (χ0) is 17.7. The second-order valence-corrected chi connectivity index (χ2v) is 8.70. The van der Waals surface area contributed by atoms with Gasteiger partial charge >= 0.3 is 0 Å². The monoisotopic (exact) mass is 367 g/mol. The minimum Gasteiger partial charge on any atom is -0.302 e. The molecule has 1 amide bonds. The Balaban J connectivity index is 1.87. The van der Waals surface area contributed by atoms with Crippen molar-refractivity contribution in [3.63, 3.8) is 0 Å². The third-order valence-corrected chi connectivity index (χ3v) is 5.67. The van der Waals surface area contributed by atoms with Crippen LogP contribution in [0.15, 0.2) is 35.4 Å². The number of hydrogen-bond acceptors (Lipinski definition) is 5. The van der Waals surface area contributed by atoms with Crippen molar-refractivity contribution in [2.45, 2.75) is 38.0 Å². The van der Waals surface area contributed by atoms with Crippen LogP contribution in [0.4, 0.5) is 5.13 Å². The van der Waals surface area contributed by atoms with Crippen LogP contribution in [0.3, 0.4) is 0 Å². The standard InChI is InChI=1S/C16H21N3O3S2/c1-11(2)13-4-6-14(7-5-13)24(21,22)18-9-8-15(20)19-16-17-10-12(3)23-16/h4-7,10-11,18H,8-9H2,1-3H3,(H,17,19,20). The maximum absolute atomic E-state index is 12.2. The lowest BCUT2D eigenvalue weighted by atomic mass is 10.0. The number of benzene rings is 1. The molecule has 0 aliphatic rings. The smallest absolute Gasteiger partial charge is 0.240 e. The predicted molar refractivity (Wildman–Crippen MR) is 95.8 cm³/mol. The summed E-state index contributed by atoms with van der Waals surface area (Å²) in [6, 6.07) is 6.76. The van der Waals surface area contributed by atoms with Crippen LogP contribution in [0.1, 0.15) is 36.6 Å². The molecule has 0 radical (unpaired) electrons. The molecule has 2 N–H and O–H groups in total. The van der Waals surface area contributed by atoms with E-state index in [-0.39, 0.29) is 23.8 Å². The van der Waals surface area contributed by atoms with Crippen LogP contribution in [-0.4, -0.2) is 25.9 Å². The van der Waals surface area contributed by atoms with E-state index in [0.717, 1.165) is 10.4 Å². The minimum absolute atomic E-state index is 0.0322. The molecule has 1 aromatic carbocycles. The average Bonchev–Trinajstić information content (AvgIpc) is 2.92. The lowest BCUT2D eigenvalue weighted by Crippen LogP contribution is -2.27. The molecule has 2 aromatic rings. The number of aromatic nitrogens is 1. The van der Waals surface area contributed by atoms with E-state index in [1.165, 1.54) is 11.3 Å². The fraction of sp³-hybridized carbons (Fsp3) is 0.375. The molecular weight excluding hydrogens is 346 g/mol. The van der Waals surface area contributed by atoms with Gasteiger partial charge in [0.05, 0.1) is 4.90 Å². The van der Waals surface area contributed by atoms with Gasteiger partial charge in [0.15, 0.2) is 5.13 Å². The molecule has 0 spiro atoms. The number of carbonyl (C=O) groups is 1. The van der Waals surface area contributed by atoms with E-state index in [0.29, 0.717) is 11.0 Å². The fourth-order valence-corrected chi connectivity index (χ4v) is 3.72. The van der Waals surface area contributed by atoms with Gasteiger partial charge in [-0.1, -0.05) is 26.0 Å². The summed E-state index contributed by atoms with van der Waals surface area (Å²) in [4.78, 5) is 17.0. The SMILES string of the molecule is Cc1cnc(NC(=O)CCNS(=O)(=O)c2ccc(C(C)C)cc2)s1. The summed E-state index contributed by atoms with van der Waals surface area (Å²) in [5.74, 6) is 0.0649. The van der Waals surface area contributed by atoms with Crippen molar-refractivity contribution >= 4 is 32.4 Å². The quantitative estimate of drug-likeness (QED) is 0.787. The van der Waals surface area contributed by atoms with Gasteiger partial charge in [0.25, 0.3) is 0 Å². The zero-order valence-electron chi connectivity index (χ0n) is 13.9. The number of hydrogen-bond donors (Lipinski definition) is 2. The van der Waals surface area contributed by atoms with Crippen molar-refractivity contribution < 1.29 is 13.2 Å². The molecule has 2 rings (SSSR count). The van der Waals surface area contributed by atoms with Crippen molar-refractivity contribution in [2.75, 3.05) is 11.9 Å². The lowest BCUT2D eigenvalue weighted by molar-refractivity contribution is -0.116. The summed E-state index contributed by atoms with van der Waals surface area (Å²) in [5, 5.41) is 3.16. The van der Waals surface area contributed by atoms with E-state index in [1.807, 2.05) is 20.8 Å². The Morgan fingerprint density at radius 1 is 1.25 bits per heavy atom. The first-order valence-electron chi connectivity index (χ1n) is 7.60. The Morgan fingerprint density at radius 2 is 1.92 bits per heavy atom. The van der Waals surface area contributed by atoms with Crippen LogP contribution >= 0.6 is 11.3 Å². The Bertz CT molecular complexity index is 796. The molecule has 130 valence electrons. The van der Waals surface area contributed by atoms with Crippen LogP contribution in [0.5, 0.6) is 0 Å². The Morgan fingerprint density at radius 3 is 2.46 bits per heavy atom. The van der Waals surface area contributed by atoms with Crippen LogP contribution in [0, 0.1) is 6.92 Å². The highest BCUT2D eigenvalue weighted by Gasteiger charge is 2.15. The Kier molecular flexibility index (Phi) is 6.09. The van der Waals surface area contributed by atoms with Crippen molar-refractivity contribution in [3.8, 4) is 0 Å². The van der Waals surface area contributed by atoms with E-state index in [1.54, 1.807) is 30.5 Å². The minimum atomic E-state index is -3.61. The summed E-state index contributed by atoms with van der Waals surface area (Å²) in [6.45, 7) is 6.02. The molecule has 1 aromatic heterocycles. The van der Waals surface area contributed by atoms with Crippen molar-refractivity contribution in [1.29, 1.82) is 0 Å². The molecule has 0 saturated carbocycles. The largest absolute Gasteiger partial charge is 0.302 e. The number of carbonyl (C=O) groups excluding carboxylic acids is 1. The van der Waals surface area contributed by atoms with Gasteiger partial charge in [-0.25, -0.2) is 18.1 Å². The highest BCUT2D eigenvalue weighted by atomic mass is 32.2. The first-order valence-corrected chi connectivity index (χ1v) is 9.90. The van der Waals surface area contributed by atoms with Gasteiger partial charge in [-0.05, 0) is 30.5 Å². The zero-order valence-corrected chi connectivity index (χ0v) is 15.5. The fourth-order valence-electron chi connectivity index (χ4n) is 2.01. The molecule has 24 heavy (non-hydrogen) atoms. The summed E-state index contributed by atoms with van der Waals surface area (Å²) in [5.41, 5.74) is 1.08. The maximum atomic E-state index is 12.2. The van der Waals surface area contributed by atoms with Crippen LogP contribution in [-0.2, 0) is 14.8 Å². The van der Waals surface area contributed by atoms with Crippen LogP contribution < -0.4 is 10.0 Å². The number of nitrogens with zero attached hydrogens (tertiary/aromatic N) is 1. The van der Waals surface area contributed by atoms with Crippen molar-refractivity contribution in [3.05, 3.63) is 40.9 Å². The molecule has 0 fully saturated rings. The van der Waals surface area contributed by atoms with Crippen molar-refractivity contribution in [2.24, 2.45) is 0 Å². The van der Waals surface area contributed by atoms with Gasteiger partial charge < -0.3 is 5.32 Å². The molecule has 0 unspecified atom stereocenters. The Labute approximate surface area is 146 Å². The number of amides is 1. The van der Waals surface area contributed by atoms with E-state index in [9.17, 15) is 13.2 Å². The maximum Gasteiger partial charge on any atom is 0.240 e. The highest BCUT2D eigenvalue weighted by molar-refractivity contribution is 7.89. The number of anilines is 1. The average molecular weight is 367 g/mol. The molecule has 0 bridgehead atoms. The molecular formula is C16H21N3O3S2. The number of sulfonamides is 1. The first-order chi connectivity index (χ1) is 11.3. The van der Waals surface area contributed by atoms with Crippen LogP contribution in [0.2, 0.25) is 0 Å². The van der Waals surface area contributed by atoms with Gasteiger partial charge in [-0.3, -0.25) is 4.79 Å². The third kappa shape index (κ3) is 5.12. The summed E-state index contributed by atoms with van der Waals surface area (Å²) in [7, 11) is -3.61. The molecule has 0 saturated heterocycles. The molecule has 0 aliphatic carbocycles. The molecule has 8 heteroatoms. The number of rotatable bonds is 7. The van der Waals surface area contributed by atoms with E-state index >= 15 is 0 Å². The lowest BCUT2D eigenvalue weighted by Gasteiger charge is -2.09. The van der Waals surface area contributed by atoms with Gasteiger partial charge in [-0.2, -0.15) is 0 Å². The number of aryl methyl sites for hydroxylation is 1. The Hall–Kier alpha value is -1.77. The summed E-state index contributed by atoms with van der Waals surface area (Å²) in [6.07, 6.45) is 1.71. The molecule has 1 heterocycles. The second-order valence-electron chi connectivity index (χ2n) is 5.70. The van der Waals surface area contributed by atoms with Gasteiger partial charge in [0, 0.05) is 24.0 Å². The van der Waals surface area contributed by atoms with Gasteiger partial charge in [0.2, 0.25) is 15.9 Å². The second kappa shape index (κ2) is 7.87. The topological polar surface area (TPSA) is 88.2 Å². The first kappa shape index (κ1) is 18.6. The van der Waals surface area contributed by atoms with Crippen molar-refractivity contribution in [1.82, 2.24) is 9.71 Å². The van der Waals surface area contributed by atoms with Crippen LogP contribution in [0.25, 0.3) is 0 Å².